The molecule has 0 saturated carbocycles. The van der Waals surface area contributed by atoms with Crippen LogP contribution in [0.25, 0.3) is 10.9 Å². The van der Waals surface area contributed by atoms with E-state index in [9.17, 15) is 4.79 Å². The number of ether oxygens (including phenoxy) is 2. The second-order valence-corrected chi connectivity index (χ2v) is 9.44. The van der Waals surface area contributed by atoms with E-state index in [0.717, 1.165) is 14.5 Å². The number of benzene rings is 2. The van der Waals surface area contributed by atoms with E-state index in [1.807, 2.05) is 52.0 Å². The summed E-state index contributed by atoms with van der Waals surface area (Å²) in [5, 5.41) is 5.01. The molecular weight excluding hydrogens is 514 g/mol. The Morgan fingerprint density at radius 3 is 2.53 bits per heavy atom. The minimum Gasteiger partial charge on any atom is -0.493 e. The number of nitrogens with zero attached hydrogens (tertiary/aromatic N) is 3. The van der Waals surface area contributed by atoms with E-state index < -0.39 is 0 Å². The van der Waals surface area contributed by atoms with Crippen molar-refractivity contribution in [1.82, 2.24) is 9.66 Å². The molecule has 158 valence electrons. The molecule has 3 rings (SSSR count). The summed E-state index contributed by atoms with van der Waals surface area (Å²) in [4.78, 5) is 18.0. The molecule has 0 radical (unpaired) electrons. The summed E-state index contributed by atoms with van der Waals surface area (Å²) >= 11 is 6.97. The van der Waals surface area contributed by atoms with E-state index in [4.69, 9.17) is 14.5 Å². The van der Waals surface area contributed by atoms with Crippen LogP contribution in [-0.2, 0) is 5.41 Å². The van der Waals surface area contributed by atoms with Gasteiger partial charge in [-0.3, -0.25) is 4.79 Å². The molecular formula is C22H23Br2N3O3. The van der Waals surface area contributed by atoms with Gasteiger partial charge in [-0.1, -0.05) is 36.7 Å². The third-order valence-corrected chi connectivity index (χ3v) is 5.55. The van der Waals surface area contributed by atoms with Gasteiger partial charge in [-0.15, -0.1) is 0 Å². The Morgan fingerprint density at radius 1 is 1.17 bits per heavy atom. The molecule has 8 heteroatoms. The Kier molecular flexibility index (Phi) is 6.67. The van der Waals surface area contributed by atoms with Crippen molar-refractivity contribution in [3.63, 3.8) is 0 Å². The predicted molar refractivity (Wildman–Crippen MR) is 127 cm³/mol. The highest BCUT2D eigenvalue weighted by Gasteiger charge is 2.23. The van der Waals surface area contributed by atoms with Crippen LogP contribution >= 0.6 is 31.9 Å². The number of fused-ring (bicyclic) bond motifs is 1. The number of halogens is 2. The molecule has 0 amide bonds. The standard InChI is InChI=1S/C22H23Br2N3O3/c1-6-30-19-11-16(24)13(9-18(19)29-5)12-25-27-20(28)15-10-14(23)7-8-17(15)26-21(27)22(2,3)4/h7-12H,6H2,1-5H3. The van der Waals surface area contributed by atoms with Crippen molar-refractivity contribution >= 4 is 49.0 Å². The van der Waals surface area contributed by atoms with Gasteiger partial charge >= 0.3 is 0 Å². The van der Waals surface area contributed by atoms with E-state index in [0.29, 0.717) is 34.8 Å². The first-order valence-electron chi connectivity index (χ1n) is 9.43. The van der Waals surface area contributed by atoms with Crippen LogP contribution in [0.15, 0.2) is 49.2 Å². The van der Waals surface area contributed by atoms with Gasteiger partial charge in [0.2, 0.25) is 0 Å². The van der Waals surface area contributed by atoms with Gasteiger partial charge in [0.25, 0.3) is 5.56 Å². The summed E-state index contributed by atoms with van der Waals surface area (Å²) in [6.45, 7) is 8.44. The van der Waals surface area contributed by atoms with Gasteiger partial charge in [0.1, 0.15) is 5.82 Å². The third-order valence-electron chi connectivity index (χ3n) is 4.37. The van der Waals surface area contributed by atoms with Crippen molar-refractivity contribution in [3.05, 3.63) is 61.0 Å². The molecule has 0 unspecified atom stereocenters. The lowest BCUT2D eigenvalue weighted by molar-refractivity contribution is 0.310. The van der Waals surface area contributed by atoms with Crippen LogP contribution in [0.4, 0.5) is 0 Å². The summed E-state index contributed by atoms with van der Waals surface area (Å²) < 4.78 is 14.0. The molecule has 0 saturated heterocycles. The summed E-state index contributed by atoms with van der Waals surface area (Å²) in [6.07, 6.45) is 1.62. The highest BCUT2D eigenvalue weighted by atomic mass is 79.9. The second-order valence-electron chi connectivity index (χ2n) is 7.67. The lowest BCUT2D eigenvalue weighted by Gasteiger charge is -2.21. The first-order chi connectivity index (χ1) is 14.2. The van der Waals surface area contributed by atoms with Crippen molar-refractivity contribution in [2.45, 2.75) is 33.1 Å². The van der Waals surface area contributed by atoms with Gasteiger partial charge in [0, 0.05) is 19.9 Å². The van der Waals surface area contributed by atoms with Crippen molar-refractivity contribution < 1.29 is 9.47 Å². The molecule has 2 aromatic carbocycles. The SMILES string of the molecule is CCOc1cc(Br)c(C=Nn2c(C(C)(C)C)nc3ccc(Br)cc3c2=O)cc1OC. The molecule has 0 aliphatic carbocycles. The van der Waals surface area contributed by atoms with Gasteiger partial charge in [-0.2, -0.15) is 9.78 Å². The molecule has 1 aromatic heterocycles. The first kappa shape index (κ1) is 22.5. The third kappa shape index (κ3) is 4.59. The maximum Gasteiger partial charge on any atom is 0.282 e. The molecule has 0 aliphatic rings. The number of hydrogen-bond donors (Lipinski definition) is 0. The van der Waals surface area contributed by atoms with Gasteiger partial charge < -0.3 is 9.47 Å². The normalized spacial score (nSPS) is 12.0. The maximum absolute atomic E-state index is 13.2. The van der Waals surface area contributed by atoms with Gasteiger partial charge in [0.15, 0.2) is 11.5 Å². The Balaban J connectivity index is 2.19. The second kappa shape index (κ2) is 8.89. The molecule has 3 aromatic rings. The minimum absolute atomic E-state index is 0.225. The highest BCUT2D eigenvalue weighted by molar-refractivity contribution is 9.10. The monoisotopic (exact) mass is 535 g/mol. The van der Waals surface area contributed by atoms with Crippen LogP contribution in [0.2, 0.25) is 0 Å². The van der Waals surface area contributed by atoms with Crippen molar-refractivity contribution in [2.75, 3.05) is 13.7 Å². The first-order valence-corrected chi connectivity index (χ1v) is 11.0. The van der Waals surface area contributed by atoms with E-state index in [1.54, 1.807) is 19.4 Å². The summed E-state index contributed by atoms with van der Waals surface area (Å²) in [7, 11) is 1.58. The fraction of sp³-hybridized carbons (Fsp3) is 0.318. The Morgan fingerprint density at radius 2 is 1.90 bits per heavy atom. The van der Waals surface area contributed by atoms with E-state index >= 15 is 0 Å². The summed E-state index contributed by atoms with van der Waals surface area (Å²) in [5.74, 6) is 1.80. The lowest BCUT2D eigenvalue weighted by atomic mass is 9.95. The Labute approximate surface area is 192 Å². The van der Waals surface area contributed by atoms with Crippen LogP contribution in [0, 0.1) is 0 Å². The zero-order valence-corrected chi connectivity index (χ0v) is 20.7. The number of rotatable bonds is 5. The molecule has 0 fully saturated rings. The van der Waals surface area contributed by atoms with Crippen molar-refractivity contribution in [3.8, 4) is 11.5 Å². The molecule has 0 bridgehead atoms. The molecule has 0 atom stereocenters. The average Bonchev–Trinajstić information content (AvgIpc) is 2.68. The fourth-order valence-electron chi connectivity index (χ4n) is 2.94. The fourth-order valence-corrected chi connectivity index (χ4v) is 3.72. The van der Waals surface area contributed by atoms with Gasteiger partial charge in [-0.05, 0) is 53.2 Å². The molecule has 1 heterocycles. The Bertz CT molecular complexity index is 1180. The highest BCUT2D eigenvalue weighted by Crippen LogP contribution is 2.33. The molecule has 0 aliphatic heterocycles. The number of aromatic nitrogens is 2. The number of methoxy groups -OCH3 is 1. The van der Waals surface area contributed by atoms with E-state index in [1.165, 1.54) is 4.68 Å². The Hall–Kier alpha value is -2.19. The predicted octanol–water partition coefficient (Wildman–Crippen LogP) is 5.51. The van der Waals surface area contributed by atoms with Gasteiger partial charge in [0.05, 0.1) is 30.8 Å². The summed E-state index contributed by atoms with van der Waals surface area (Å²) in [6, 6.07) is 9.10. The maximum atomic E-state index is 13.2. The van der Waals surface area contributed by atoms with E-state index in [-0.39, 0.29) is 11.0 Å². The lowest BCUT2D eigenvalue weighted by Crippen LogP contribution is -2.29. The van der Waals surface area contributed by atoms with Crippen molar-refractivity contribution in [2.24, 2.45) is 5.10 Å². The molecule has 0 spiro atoms. The number of hydrogen-bond acceptors (Lipinski definition) is 5. The quantitative estimate of drug-likeness (QED) is 0.403. The van der Waals surface area contributed by atoms with Gasteiger partial charge in [-0.25, -0.2) is 4.98 Å². The summed E-state index contributed by atoms with van der Waals surface area (Å²) in [5.41, 5.74) is 0.780. The van der Waals surface area contributed by atoms with Crippen LogP contribution in [0.1, 0.15) is 39.1 Å². The zero-order chi connectivity index (χ0) is 22.1. The average molecular weight is 537 g/mol. The largest absolute Gasteiger partial charge is 0.493 e. The van der Waals surface area contributed by atoms with Crippen molar-refractivity contribution in [1.29, 1.82) is 0 Å². The van der Waals surface area contributed by atoms with Crippen LogP contribution < -0.4 is 15.0 Å². The topological polar surface area (TPSA) is 65.7 Å². The van der Waals surface area contributed by atoms with Crippen LogP contribution in [-0.4, -0.2) is 29.6 Å². The zero-order valence-electron chi connectivity index (χ0n) is 17.5. The smallest absolute Gasteiger partial charge is 0.282 e. The van der Waals surface area contributed by atoms with Crippen LogP contribution in [0.5, 0.6) is 11.5 Å². The molecule has 6 nitrogen and oxygen atoms in total. The minimum atomic E-state index is -0.383. The molecule has 30 heavy (non-hydrogen) atoms. The van der Waals surface area contributed by atoms with E-state index in [2.05, 4.69) is 37.0 Å². The van der Waals surface area contributed by atoms with Crippen LogP contribution in [0.3, 0.4) is 0 Å². The molecule has 0 N–H and O–H groups in total.